The number of carboxylic acids is 2. The topological polar surface area (TPSA) is 410 Å². The van der Waals surface area contributed by atoms with Gasteiger partial charge in [-0.25, -0.2) is 0 Å². The Hall–Kier alpha value is -14.3. The summed E-state index contributed by atoms with van der Waals surface area (Å²) in [7, 11) is 1.43. The first-order valence-corrected chi connectivity index (χ1v) is 43.6. The number of methoxy groups -OCH3 is 1. The number of benzene rings is 8. The van der Waals surface area contributed by atoms with Crippen LogP contribution in [-0.2, 0) is 44.8 Å². The molecule has 8 unspecified atom stereocenters. The number of esters is 1. The van der Waals surface area contributed by atoms with Gasteiger partial charge in [0.05, 0.1) is 73.4 Å². The average molecular weight is 1730 g/mol. The van der Waals surface area contributed by atoms with Gasteiger partial charge in [-0.05, 0) is 274 Å². The summed E-state index contributed by atoms with van der Waals surface area (Å²) in [4.78, 5) is 59.3. The quantitative estimate of drug-likeness (QED) is 0.0530. The van der Waals surface area contributed by atoms with Crippen LogP contribution in [0.1, 0.15) is 172 Å². The molecule has 20 rings (SSSR count). The molecule has 0 bridgehead atoms. The zero-order chi connectivity index (χ0) is 90.0. The lowest BCUT2D eigenvalue weighted by Crippen LogP contribution is -2.30. The molecule has 656 valence electrons. The van der Waals surface area contributed by atoms with Gasteiger partial charge < -0.3 is 57.3 Å². The van der Waals surface area contributed by atoms with Crippen molar-refractivity contribution < 1.29 is 66.4 Å². The fraction of sp³-hybridized carbons (Fsp3) is 0.364. The van der Waals surface area contributed by atoms with Gasteiger partial charge >= 0.3 is 17.9 Å². The van der Waals surface area contributed by atoms with Crippen molar-refractivity contribution in [3.8, 4) is 139 Å². The molecule has 8 aromatic carbocycles. The second kappa shape index (κ2) is 37.3. The molecule has 0 radical (unpaired) electrons. The first-order valence-electron chi connectivity index (χ1n) is 43.6. The van der Waals surface area contributed by atoms with Gasteiger partial charge in [0.15, 0.2) is 0 Å². The van der Waals surface area contributed by atoms with Crippen LogP contribution in [0, 0.1) is 69.0 Å². The van der Waals surface area contributed by atoms with E-state index in [2.05, 4.69) is 121 Å². The summed E-state index contributed by atoms with van der Waals surface area (Å²) in [6.07, 6.45) is 7.79. The maximum Gasteiger partial charge on any atom is 0.319 e. The normalized spacial score (nSPS) is 19.4. The van der Waals surface area contributed by atoms with E-state index in [-0.39, 0.29) is 61.6 Å². The molecule has 8 aliphatic rings. The van der Waals surface area contributed by atoms with Crippen molar-refractivity contribution in [1.29, 1.82) is 21.0 Å². The molecule has 12 aromatic rings. The highest BCUT2D eigenvalue weighted by atomic mass is 16.5. The van der Waals surface area contributed by atoms with E-state index in [1.54, 1.807) is 60.7 Å². The number of nitrogens with one attached hydrogen (secondary N) is 1. The molecule has 0 amide bonds. The smallest absolute Gasteiger partial charge is 0.319 e. The Bertz CT molecular complexity index is 6240. The van der Waals surface area contributed by atoms with Gasteiger partial charge in [0, 0.05) is 68.7 Å². The number of carboxylic acid groups (broad SMARTS) is 2. The largest absolute Gasteiger partial charge is 0.490 e. The molecule has 4 saturated heterocycles. The third kappa shape index (κ3) is 18.0. The van der Waals surface area contributed by atoms with E-state index in [0.29, 0.717) is 151 Å². The molecule has 4 aromatic heterocycles. The number of ether oxygens (including phenoxy) is 5. The molecule has 4 aliphatic heterocycles. The average Bonchev–Trinajstić information content (AvgIpc) is 1.60. The standard InChI is InChI=1S/C26H26N4O4.2C25H24N4O4.C23H22N4O2/c1-15(2)33-22-8-7-17(11-18(22)13-27)26-28-25(29-34-26)20-6-4-5-19-21(20)12-16-9-10-30(24(16)19)14-23(31)32-3;2*1-14(2)32-21-7-6-16(10-17(21)12-26)25-27-24(28-33-25)19-5-3-4-18-20(19)11-15-8-9-29(23(15)18)13-22(30)31;1-13(2)28-20-7-6-15(10-16(20)12-24)23-26-22(27-29-23)18-5-3-4-17-19(18)11-14-8-9-25-21(14)17/h4-8,11,15-16,24H,9-10,12,14H2,1-3H3;2*3-7,10,14-15,23H,8-9,11,13H2,1-2H3,(H,30,31);3-7,10,13-14,21,25H,8-9,11H2,1-2H3. The fourth-order valence-corrected chi connectivity index (χ4v) is 19.8. The number of carbonyl (C=O) groups is 3. The summed E-state index contributed by atoms with van der Waals surface area (Å²) in [6, 6.07) is 55.3. The van der Waals surface area contributed by atoms with Crippen LogP contribution in [0.5, 0.6) is 23.0 Å². The molecule has 0 spiro atoms. The van der Waals surface area contributed by atoms with Crippen molar-refractivity contribution >= 4 is 17.9 Å². The van der Waals surface area contributed by atoms with Crippen molar-refractivity contribution in [1.82, 2.24) is 60.6 Å². The number of nitriles is 4. The van der Waals surface area contributed by atoms with Crippen LogP contribution >= 0.6 is 0 Å². The second-order valence-corrected chi connectivity index (χ2v) is 34.7. The van der Waals surface area contributed by atoms with Crippen LogP contribution in [0.25, 0.3) is 91.4 Å². The highest BCUT2D eigenvalue weighted by molar-refractivity contribution is 5.75. The molecular weight excluding hydrogens is 1640 g/mol. The number of rotatable bonds is 22. The number of likely N-dealkylation sites (tertiary alicyclic amines) is 3. The molecule has 4 fully saturated rings. The molecule has 0 saturated carbocycles. The Balaban J connectivity index is 0.000000121. The lowest BCUT2D eigenvalue weighted by molar-refractivity contribution is -0.142. The summed E-state index contributed by atoms with van der Waals surface area (Å²) >= 11 is 0. The van der Waals surface area contributed by atoms with Crippen molar-refractivity contribution in [3.63, 3.8) is 0 Å². The van der Waals surface area contributed by atoms with E-state index < -0.39 is 11.9 Å². The van der Waals surface area contributed by atoms with Gasteiger partial charge in [-0.15, -0.1) is 0 Å². The van der Waals surface area contributed by atoms with Crippen LogP contribution < -0.4 is 24.3 Å². The zero-order valence-electron chi connectivity index (χ0n) is 72.9. The summed E-state index contributed by atoms with van der Waals surface area (Å²) in [6.45, 7) is 19.3. The predicted octanol–water partition coefficient (Wildman–Crippen LogP) is 16.6. The molecule has 8 atom stereocenters. The molecule has 30 heteroatoms. The maximum atomic E-state index is 11.9. The highest BCUT2D eigenvalue weighted by Gasteiger charge is 2.47. The number of nitrogens with zero attached hydrogens (tertiary/aromatic N) is 15. The minimum absolute atomic E-state index is 0.00267. The Morgan fingerprint density at radius 1 is 0.403 bits per heavy atom. The van der Waals surface area contributed by atoms with Crippen LogP contribution in [-0.4, -0.2) is 161 Å². The van der Waals surface area contributed by atoms with Crippen LogP contribution in [0.4, 0.5) is 0 Å². The lowest BCUT2D eigenvalue weighted by atomic mass is 10.0. The van der Waals surface area contributed by atoms with Crippen molar-refractivity contribution in [2.24, 2.45) is 23.7 Å². The third-order valence-electron chi connectivity index (χ3n) is 25.0. The summed E-state index contributed by atoms with van der Waals surface area (Å²) in [5, 5.41) is 77.1. The Kier molecular flexibility index (Phi) is 25.1. The first kappa shape index (κ1) is 86.8. The molecule has 30 nitrogen and oxygen atoms in total. The third-order valence-corrected chi connectivity index (χ3v) is 25.0. The minimum atomic E-state index is -0.801. The number of hydrogen-bond acceptors (Lipinski definition) is 28. The molecule has 8 heterocycles. The van der Waals surface area contributed by atoms with Gasteiger partial charge in [0.1, 0.15) is 47.3 Å². The number of aliphatic carboxylic acids is 2. The van der Waals surface area contributed by atoms with Crippen molar-refractivity contribution in [2.75, 3.05) is 52.9 Å². The Morgan fingerprint density at radius 3 is 0.977 bits per heavy atom. The van der Waals surface area contributed by atoms with Gasteiger partial charge in [-0.1, -0.05) is 93.4 Å². The fourth-order valence-electron chi connectivity index (χ4n) is 19.8. The predicted molar refractivity (Wildman–Crippen MR) is 471 cm³/mol. The number of hydrogen-bond donors (Lipinski definition) is 3. The van der Waals surface area contributed by atoms with E-state index in [1.165, 1.54) is 35.8 Å². The first-order chi connectivity index (χ1) is 62.5. The number of fused-ring (bicyclic) bond motifs is 12. The van der Waals surface area contributed by atoms with Crippen LogP contribution in [0.2, 0.25) is 0 Å². The minimum Gasteiger partial charge on any atom is -0.490 e. The Labute approximate surface area is 745 Å². The van der Waals surface area contributed by atoms with E-state index in [4.69, 9.17) is 41.8 Å². The number of carbonyl (C=O) groups excluding carboxylic acids is 1. The second-order valence-electron chi connectivity index (χ2n) is 34.7. The van der Waals surface area contributed by atoms with Gasteiger partial charge in [-0.3, -0.25) is 29.1 Å². The Morgan fingerprint density at radius 2 is 0.690 bits per heavy atom. The zero-order valence-corrected chi connectivity index (χ0v) is 72.9. The van der Waals surface area contributed by atoms with Gasteiger partial charge in [0.25, 0.3) is 23.6 Å². The van der Waals surface area contributed by atoms with E-state index >= 15 is 0 Å². The lowest BCUT2D eigenvalue weighted by Gasteiger charge is -2.23. The van der Waals surface area contributed by atoms with E-state index in [9.17, 15) is 45.6 Å². The highest BCUT2D eigenvalue weighted by Crippen LogP contribution is 2.53. The molecule has 3 N–H and O–H groups in total. The van der Waals surface area contributed by atoms with Crippen LogP contribution in [0.15, 0.2) is 164 Å². The monoisotopic (exact) mass is 1730 g/mol. The molecular formula is C99H96N16O14. The van der Waals surface area contributed by atoms with Gasteiger partial charge in [-0.2, -0.15) is 41.0 Å². The number of aromatic nitrogens is 8. The maximum absolute atomic E-state index is 11.9. The van der Waals surface area contributed by atoms with E-state index in [1.807, 2.05) is 104 Å². The van der Waals surface area contributed by atoms with Crippen LogP contribution in [0.3, 0.4) is 0 Å². The molecule has 4 aliphatic carbocycles. The summed E-state index contributed by atoms with van der Waals surface area (Å²) in [5.41, 5.74) is 17.9. The molecule has 129 heavy (non-hydrogen) atoms. The summed E-state index contributed by atoms with van der Waals surface area (Å²) < 4.78 is 49.9. The van der Waals surface area contributed by atoms with E-state index in [0.717, 1.165) is 116 Å². The summed E-state index contributed by atoms with van der Waals surface area (Å²) in [5.74, 6) is 5.77. The SMILES string of the molecule is CC(C)Oc1ccc(-c2nc(-c3cccc4c3CC3CCN(CC(=O)O)C43)no2)cc1C#N.CC(C)Oc1ccc(-c2nc(-c3cccc4c3CC3CCN(CC(=O)O)C43)no2)cc1C#N.CC(C)Oc1ccc(-c2nc(-c3cccc4c3CC3CCNC43)no2)cc1C#N.COC(=O)CN1CCC2Cc3c(-c4noc(-c5ccc(OC(C)C)c(C#N)c5)n4)cccc3C21. The van der Waals surface area contributed by atoms with Gasteiger partial charge in [0.2, 0.25) is 23.3 Å². The van der Waals surface area contributed by atoms with Crippen molar-refractivity contribution in [3.05, 3.63) is 212 Å². The van der Waals surface area contributed by atoms with Crippen molar-refractivity contribution in [2.45, 2.75) is 155 Å².